The molecule has 1 saturated heterocycles. The van der Waals surface area contributed by atoms with Crippen LogP contribution in [0.2, 0.25) is 0 Å². The molecule has 3 amide bonds. The second-order valence-corrected chi connectivity index (χ2v) is 9.44. The van der Waals surface area contributed by atoms with Gasteiger partial charge in [-0.05, 0) is 51.7 Å². The molecule has 1 N–H and O–H groups in total. The van der Waals surface area contributed by atoms with Gasteiger partial charge in [0.25, 0.3) is 11.8 Å². The number of piperidine rings is 1. The zero-order valence-electron chi connectivity index (χ0n) is 20.8. The lowest BCUT2D eigenvalue weighted by molar-refractivity contribution is -0.133. The van der Waals surface area contributed by atoms with Crippen LogP contribution in [0.1, 0.15) is 64.3 Å². The number of aromatic nitrogens is 1. The fourth-order valence-electron chi connectivity index (χ4n) is 5.23. The normalized spacial score (nSPS) is 18.8. The van der Waals surface area contributed by atoms with Crippen LogP contribution in [-0.4, -0.2) is 72.5 Å². The molecule has 1 fully saturated rings. The minimum atomic E-state index is -0.502. The Bertz CT molecular complexity index is 1070. The van der Waals surface area contributed by atoms with Crippen molar-refractivity contribution >= 4 is 17.7 Å². The third-order valence-electron chi connectivity index (χ3n) is 7.32. The highest BCUT2D eigenvalue weighted by atomic mass is 16.5. The summed E-state index contributed by atoms with van der Waals surface area (Å²) in [6.07, 6.45) is 3.50. The molecule has 5 rings (SSSR count). The van der Waals surface area contributed by atoms with Crippen molar-refractivity contribution in [2.75, 3.05) is 39.8 Å². The number of aryl methyl sites for hydroxylation is 2. The number of hydrogen-bond donors (Lipinski definition) is 1. The van der Waals surface area contributed by atoms with Crippen LogP contribution in [-0.2, 0) is 4.79 Å². The summed E-state index contributed by atoms with van der Waals surface area (Å²) in [5, 5.41) is 6.77. The van der Waals surface area contributed by atoms with Crippen LogP contribution in [0.25, 0.3) is 0 Å². The molecule has 9 nitrogen and oxygen atoms in total. The fourth-order valence-corrected chi connectivity index (χ4v) is 5.23. The molecule has 2 aromatic rings. The van der Waals surface area contributed by atoms with E-state index in [1.165, 1.54) is 0 Å². The van der Waals surface area contributed by atoms with Gasteiger partial charge in [-0.1, -0.05) is 23.7 Å². The van der Waals surface area contributed by atoms with E-state index in [0.29, 0.717) is 67.4 Å². The number of amides is 3. The van der Waals surface area contributed by atoms with Crippen molar-refractivity contribution in [1.29, 1.82) is 0 Å². The van der Waals surface area contributed by atoms with Crippen molar-refractivity contribution in [1.82, 2.24) is 20.3 Å². The van der Waals surface area contributed by atoms with Crippen molar-refractivity contribution in [3.05, 3.63) is 46.8 Å². The predicted molar refractivity (Wildman–Crippen MR) is 129 cm³/mol. The van der Waals surface area contributed by atoms with E-state index in [1.807, 2.05) is 17.0 Å². The molecule has 3 aliphatic rings. The number of rotatable bonds is 2. The lowest BCUT2D eigenvalue weighted by atomic mass is 9.73. The molecule has 188 valence electrons. The zero-order valence-corrected chi connectivity index (χ0v) is 20.8. The molecule has 0 radical (unpaired) electrons. The van der Waals surface area contributed by atoms with Crippen LogP contribution >= 0.6 is 0 Å². The van der Waals surface area contributed by atoms with E-state index in [-0.39, 0.29) is 24.3 Å². The molecule has 9 heteroatoms. The highest BCUT2D eigenvalue weighted by Gasteiger charge is 2.41. The number of fused-ring (bicyclic) bond motifs is 9. The summed E-state index contributed by atoms with van der Waals surface area (Å²) < 4.78 is 11.2. The van der Waals surface area contributed by atoms with Crippen molar-refractivity contribution < 1.29 is 23.6 Å². The van der Waals surface area contributed by atoms with E-state index in [0.717, 1.165) is 19.3 Å². The van der Waals surface area contributed by atoms with E-state index in [1.54, 1.807) is 37.9 Å². The van der Waals surface area contributed by atoms with Crippen LogP contribution in [0, 0.1) is 19.3 Å². The molecule has 1 aromatic heterocycles. The second-order valence-electron chi connectivity index (χ2n) is 9.44. The Balaban J connectivity index is 1.62. The molecule has 0 unspecified atom stereocenters. The number of nitrogens with one attached hydrogen (secondary N) is 1. The number of carbonyl (C=O) groups is 3. The first-order valence-electron chi connectivity index (χ1n) is 12.3. The molecule has 2 bridgehead atoms. The Morgan fingerprint density at radius 1 is 1.03 bits per heavy atom. The number of carbonyl (C=O) groups excluding carboxylic acids is 3. The zero-order chi connectivity index (χ0) is 25.0. The van der Waals surface area contributed by atoms with Crippen molar-refractivity contribution in [2.45, 2.75) is 46.0 Å². The summed E-state index contributed by atoms with van der Waals surface area (Å²) >= 11 is 0. The van der Waals surface area contributed by atoms with Crippen molar-refractivity contribution in [2.24, 2.45) is 5.41 Å². The standard InChI is InChI=1S/C26H34N4O5/c1-18-22(19(2)35-28-18)24(32)29-13-7-6-10-26(25(33)27-3)11-14-30(15-12-26)23(31)20-8-4-5-9-21(20)34-17-16-29/h4-5,8-9H,6-7,10-17H2,1-3H3,(H,27,33). The Morgan fingerprint density at radius 2 is 1.77 bits per heavy atom. The van der Waals surface area contributed by atoms with E-state index in [4.69, 9.17) is 9.26 Å². The second kappa shape index (κ2) is 10.5. The van der Waals surface area contributed by atoms with Gasteiger partial charge in [-0.3, -0.25) is 14.4 Å². The Morgan fingerprint density at radius 3 is 2.46 bits per heavy atom. The maximum atomic E-state index is 13.4. The molecular weight excluding hydrogens is 448 g/mol. The van der Waals surface area contributed by atoms with Crippen LogP contribution in [0.15, 0.2) is 28.8 Å². The van der Waals surface area contributed by atoms with Gasteiger partial charge < -0.3 is 24.4 Å². The molecule has 3 aliphatic heterocycles. The van der Waals surface area contributed by atoms with Gasteiger partial charge in [0, 0.05) is 26.7 Å². The average molecular weight is 483 g/mol. The Hall–Kier alpha value is -3.36. The van der Waals surface area contributed by atoms with Gasteiger partial charge >= 0.3 is 0 Å². The molecule has 0 saturated carbocycles. The molecule has 1 aromatic carbocycles. The lowest BCUT2D eigenvalue weighted by Crippen LogP contribution is -2.49. The number of ether oxygens (including phenoxy) is 1. The van der Waals surface area contributed by atoms with E-state index in [2.05, 4.69) is 10.5 Å². The smallest absolute Gasteiger partial charge is 0.259 e. The largest absolute Gasteiger partial charge is 0.491 e. The first-order valence-corrected chi connectivity index (χ1v) is 12.3. The van der Waals surface area contributed by atoms with Crippen LogP contribution in [0.5, 0.6) is 5.75 Å². The van der Waals surface area contributed by atoms with Gasteiger partial charge in [-0.2, -0.15) is 0 Å². The topological polar surface area (TPSA) is 105 Å². The minimum Gasteiger partial charge on any atom is -0.491 e. The number of hydrogen-bond acceptors (Lipinski definition) is 6. The van der Waals surface area contributed by atoms with Crippen LogP contribution < -0.4 is 10.1 Å². The Kier molecular flexibility index (Phi) is 7.42. The third-order valence-corrected chi connectivity index (χ3v) is 7.32. The van der Waals surface area contributed by atoms with E-state index in [9.17, 15) is 14.4 Å². The van der Waals surface area contributed by atoms with Gasteiger partial charge in [-0.15, -0.1) is 0 Å². The highest BCUT2D eigenvalue weighted by Crippen LogP contribution is 2.38. The molecule has 35 heavy (non-hydrogen) atoms. The average Bonchev–Trinajstić information content (AvgIpc) is 3.21. The summed E-state index contributed by atoms with van der Waals surface area (Å²) in [7, 11) is 1.67. The number of para-hydroxylation sites is 1. The maximum absolute atomic E-state index is 13.4. The summed E-state index contributed by atoms with van der Waals surface area (Å²) in [5.74, 6) is 0.780. The van der Waals surface area contributed by atoms with Gasteiger partial charge in [0.05, 0.1) is 23.2 Å². The highest BCUT2D eigenvalue weighted by molar-refractivity contribution is 5.97. The first kappa shape index (κ1) is 24.8. The van der Waals surface area contributed by atoms with Crippen LogP contribution in [0.4, 0.5) is 0 Å². The van der Waals surface area contributed by atoms with Crippen LogP contribution in [0.3, 0.4) is 0 Å². The fraction of sp³-hybridized carbons (Fsp3) is 0.538. The molecule has 0 aliphatic carbocycles. The van der Waals surface area contributed by atoms with Crippen molar-refractivity contribution in [3.63, 3.8) is 0 Å². The lowest BCUT2D eigenvalue weighted by Gasteiger charge is -2.40. The molecule has 0 atom stereocenters. The van der Waals surface area contributed by atoms with Gasteiger partial charge in [-0.25, -0.2) is 0 Å². The SMILES string of the molecule is CNC(=O)C12CCCCN(C(=O)c3c(C)noc3C)CCOc3ccccc3C(=O)N(CC1)CC2. The van der Waals surface area contributed by atoms with Gasteiger partial charge in [0.1, 0.15) is 23.7 Å². The monoisotopic (exact) mass is 482 g/mol. The quantitative estimate of drug-likeness (QED) is 0.706. The summed E-state index contributed by atoms with van der Waals surface area (Å²) in [6.45, 7) is 5.68. The third kappa shape index (κ3) is 5.04. The summed E-state index contributed by atoms with van der Waals surface area (Å²) in [6, 6.07) is 7.20. The number of benzene rings is 1. The first-order chi connectivity index (χ1) is 16.9. The molecule has 4 heterocycles. The van der Waals surface area contributed by atoms with Crippen molar-refractivity contribution in [3.8, 4) is 5.75 Å². The van der Waals surface area contributed by atoms with E-state index >= 15 is 0 Å². The molecular formula is C26H34N4O5. The summed E-state index contributed by atoms with van der Waals surface area (Å²) in [5.41, 5.74) is 1.04. The number of nitrogens with zero attached hydrogens (tertiary/aromatic N) is 3. The molecule has 0 spiro atoms. The van der Waals surface area contributed by atoms with Gasteiger partial charge in [0.15, 0.2) is 0 Å². The predicted octanol–water partition coefficient (Wildman–Crippen LogP) is 2.96. The van der Waals surface area contributed by atoms with E-state index < -0.39 is 5.41 Å². The maximum Gasteiger partial charge on any atom is 0.259 e. The summed E-state index contributed by atoms with van der Waals surface area (Å²) in [4.78, 5) is 43.2. The van der Waals surface area contributed by atoms with Gasteiger partial charge in [0.2, 0.25) is 5.91 Å². The minimum absolute atomic E-state index is 0.0290. The Labute approximate surface area is 205 Å².